The third-order valence-corrected chi connectivity index (χ3v) is 3.65. The van der Waals surface area contributed by atoms with E-state index in [1.54, 1.807) is 28.6 Å². The molecule has 0 aliphatic carbocycles. The summed E-state index contributed by atoms with van der Waals surface area (Å²) in [7, 11) is 1.75. The average molecular weight is 295 g/mol. The Morgan fingerprint density at radius 1 is 1.50 bits per heavy atom. The maximum atomic E-state index is 11.9. The second kappa shape index (κ2) is 5.95. The highest BCUT2D eigenvalue weighted by Gasteiger charge is 2.12. The first-order chi connectivity index (χ1) is 9.49. The number of aromatic nitrogens is 5. The molecule has 3 N–H and O–H groups in total. The standard InChI is InChI=1S/C11H17N7OS/c1-7(2)18-8(4-5-13-18)14-9(19)6-20-11-16-15-10(12)17(11)3/h4-5,7H,6H2,1-3H3,(H2,12,15)(H,14,19). The normalized spacial score (nSPS) is 11.0. The van der Waals surface area contributed by atoms with Crippen LogP contribution in [0.4, 0.5) is 11.8 Å². The molecule has 0 radical (unpaired) electrons. The summed E-state index contributed by atoms with van der Waals surface area (Å²) in [5, 5.41) is 15.2. The highest BCUT2D eigenvalue weighted by molar-refractivity contribution is 7.99. The van der Waals surface area contributed by atoms with Gasteiger partial charge in [-0.25, -0.2) is 4.68 Å². The number of amides is 1. The third kappa shape index (κ3) is 3.10. The molecule has 2 aromatic heterocycles. The molecule has 0 aromatic carbocycles. The lowest BCUT2D eigenvalue weighted by atomic mass is 10.4. The van der Waals surface area contributed by atoms with Crippen LogP contribution in [-0.2, 0) is 11.8 Å². The predicted molar refractivity (Wildman–Crippen MR) is 77.4 cm³/mol. The second-order valence-corrected chi connectivity index (χ2v) is 5.43. The number of nitrogens with zero attached hydrogens (tertiary/aromatic N) is 5. The van der Waals surface area contributed by atoms with Gasteiger partial charge in [0.1, 0.15) is 5.82 Å². The van der Waals surface area contributed by atoms with Crippen molar-refractivity contribution in [2.45, 2.75) is 25.0 Å². The first kappa shape index (κ1) is 14.4. The molecule has 0 unspecified atom stereocenters. The van der Waals surface area contributed by atoms with E-state index in [-0.39, 0.29) is 17.7 Å². The molecule has 0 bridgehead atoms. The summed E-state index contributed by atoms with van der Waals surface area (Å²) in [5.74, 6) is 1.11. The van der Waals surface area contributed by atoms with E-state index in [4.69, 9.17) is 5.73 Å². The molecule has 0 saturated heterocycles. The average Bonchev–Trinajstić information content (AvgIpc) is 2.97. The molecule has 8 nitrogen and oxygen atoms in total. The first-order valence-electron chi connectivity index (χ1n) is 6.10. The van der Waals surface area contributed by atoms with Crippen molar-refractivity contribution < 1.29 is 4.79 Å². The van der Waals surface area contributed by atoms with Crippen molar-refractivity contribution in [1.29, 1.82) is 0 Å². The molecule has 0 saturated carbocycles. The number of anilines is 2. The van der Waals surface area contributed by atoms with Gasteiger partial charge < -0.3 is 11.1 Å². The van der Waals surface area contributed by atoms with Crippen molar-refractivity contribution in [3.63, 3.8) is 0 Å². The quantitative estimate of drug-likeness (QED) is 0.794. The molecule has 2 rings (SSSR count). The molecule has 1 amide bonds. The van der Waals surface area contributed by atoms with Gasteiger partial charge in [0, 0.05) is 19.2 Å². The molecule has 108 valence electrons. The summed E-state index contributed by atoms with van der Waals surface area (Å²) in [5.41, 5.74) is 5.57. The number of nitrogens with one attached hydrogen (secondary N) is 1. The van der Waals surface area contributed by atoms with Gasteiger partial charge in [-0.3, -0.25) is 9.36 Å². The second-order valence-electron chi connectivity index (χ2n) is 4.49. The molecule has 0 fully saturated rings. The predicted octanol–water partition coefficient (Wildman–Crippen LogP) is 0.905. The van der Waals surface area contributed by atoms with E-state index in [1.807, 2.05) is 13.8 Å². The van der Waals surface area contributed by atoms with Gasteiger partial charge in [-0.2, -0.15) is 5.10 Å². The Hall–Kier alpha value is -2.03. The lowest BCUT2D eigenvalue weighted by Gasteiger charge is -2.11. The number of nitrogen functional groups attached to an aromatic ring is 1. The Balaban J connectivity index is 1.93. The number of carbonyl (C=O) groups excluding carboxylic acids is 1. The van der Waals surface area contributed by atoms with Gasteiger partial charge in [0.15, 0.2) is 5.16 Å². The molecule has 0 aliphatic rings. The van der Waals surface area contributed by atoms with Gasteiger partial charge >= 0.3 is 0 Å². The van der Waals surface area contributed by atoms with Crippen LogP contribution in [0, 0.1) is 0 Å². The Labute approximate surface area is 120 Å². The molecule has 20 heavy (non-hydrogen) atoms. The van der Waals surface area contributed by atoms with E-state index >= 15 is 0 Å². The number of hydrogen-bond acceptors (Lipinski definition) is 6. The first-order valence-corrected chi connectivity index (χ1v) is 7.08. The highest BCUT2D eigenvalue weighted by atomic mass is 32.2. The van der Waals surface area contributed by atoms with E-state index in [2.05, 4.69) is 20.6 Å². The van der Waals surface area contributed by atoms with Gasteiger partial charge in [0.2, 0.25) is 11.9 Å². The fourth-order valence-electron chi connectivity index (χ4n) is 1.59. The molecule has 9 heteroatoms. The van der Waals surface area contributed by atoms with E-state index in [9.17, 15) is 4.79 Å². The Bertz CT molecular complexity index is 604. The molecule has 2 heterocycles. The number of rotatable bonds is 5. The van der Waals surface area contributed by atoms with Crippen molar-refractivity contribution in [3.8, 4) is 0 Å². The van der Waals surface area contributed by atoms with Crippen LogP contribution in [0.1, 0.15) is 19.9 Å². The van der Waals surface area contributed by atoms with Crippen LogP contribution in [0.5, 0.6) is 0 Å². The van der Waals surface area contributed by atoms with Crippen LogP contribution in [0.2, 0.25) is 0 Å². The zero-order chi connectivity index (χ0) is 14.7. The van der Waals surface area contributed by atoms with Crippen LogP contribution in [-0.4, -0.2) is 36.2 Å². The summed E-state index contributed by atoms with van der Waals surface area (Å²) >= 11 is 1.28. The smallest absolute Gasteiger partial charge is 0.235 e. The van der Waals surface area contributed by atoms with Gasteiger partial charge in [0.25, 0.3) is 0 Å². The van der Waals surface area contributed by atoms with Gasteiger partial charge in [-0.1, -0.05) is 11.8 Å². The van der Waals surface area contributed by atoms with Gasteiger partial charge in [-0.15, -0.1) is 10.2 Å². The van der Waals surface area contributed by atoms with Crippen LogP contribution in [0.15, 0.2) is 17.4 Å². The van der Waals surface area contributed by atoms with Crippen molar-refractivity contribution in [1.82, 2.24) is 24.5 Å². The zero-order valence-electron chi connectivity index (χ0n) is 11.6. The largest absolute Gasteiger partial charge is 0.368 e. The SMILES string of the molecule is CC(C)n1nccc1NC(=O)CSc1nnc(N)n1C. The van der Waals surface area contributed by atoms with E-state index in [0.29, 0.717) is 16.9 Å². The van der Waals surface area contributed by atoms with Crippen molar-refractivity contribution in [2.24, 2.45) is 7.05 Å². The maximum Gasteiger partial charge on any atom is 0.235 e. The summed E-state index contributed by atoms with van der Waals surface area (Å²) in [6.45, 7) is 4.00. The van der Waals surface area contributed by atoms with Gasteiger partial charge in [-0.05, 0) is 13.8 Å². The molecule has 0 atom stereocenters. The summed E-state index contributed by atoms with van der Waals surface area (Å²) in [6.07, 6.45) is 1.66. The van der Waals surface area contributed by atoms with Crippen LogP contribution in [0.3, 0.4) is 0 Å². The minimum Gasteiger partial charge on any atom is -0.368 e. The summed E-state index contributed by atoms with van der Waals surface area (Å²) in [6, 6.07) is 1.95. The van der Waals surface area contributed by atoms with Crippen molar-refractivity contribution >= 4 is 29.4 Å². The van der Waals surface area contributed by atoms with Crippen molar-refractivity contribution in [3.05, 3.63) is 12.3 Å². The van der Waals surface area contributed by atoms with Crippen LogP contribution >= 0.6 is 11.8 Å². The number of thioether (sulfide) groups is 1. The number of carbonyl (C=O) groups is 1. The Kier molecular flexibility index (Phi) is 4.28. The number of hydrogen-bond donors (Lipinski definition) is 2. The minimum absolute atomic E-state index is 0.126. The fourth-order valence-corrected chi connectivity index (χ4v) is 2.30. The summed E-state index contributed by atoms with van der Waals surface area (Å²) in [4.78, 5) is 11.9. The molecule has 0 aliphatic heterocycles. The number of nitrogens with two attached hydrogens (primary N) is 1. The van der Waals surface area contributed by atoms with E-state index < -0.39 is 0 Å². The van der Waals surface area contributed by atoms with E-state index in [1.165, 1.54) is 11.8 Å². The van der Waals surface area contributed by atoms with E-state index in [0.717, 1.165) is 0 Å². The monoisotopic (exact) mass is 295 g/mol. The fraction of sp³-hybridized carbons (Fsp3) is 0.455. The van der Waals surface area contributed by atoms with Gasteiger partial charge in [0.05, 0.1) is 11.9 Å². The van der Waals surface area contributed by atoms with Crippen LogP contribution < -0.4 is 11.1 Å². The van der Waals surface area contributed by atoms with Crippen LogP contribution in [0.25, 0.3) is 0 Å². The highest BCUT2D eigenvalue weighted by Crippen LogP contribution is 2.17. The topological polar surface area (TPSA) is 104 Å². The lowest BCUT2D eigenvalue weighted by Crippen LogP contribution is -2.18. The third-order valence-electron chi connectivity index (χ3n) is 2.63. The summed E-state index contributed by atoms with van der Waals surface area (Å²) < 4.78 is 3.39. The minimum atomic E-state index is -0.126. The van der Waals surface area contributed by atoms with Crippen molar-refractivity contribution in [2.75, 3.05) is 16.8 Å². The zero-order valence-corrected chi connectivity index (χ0v) is 12.4. The molecular weight excluding hydrogens is 278 g/mol. The Morgan fingerprint density at radius 2 is 2.25 bits per heavy atom. The maximum absolute atomic E-state index is 11.9. The molecule has 2 aromatic rings. The lowest BCUT2D eigenvalue weighted by molar-refractivity contribution is -0.113. The molecule has 0 spiro atoms. The molecular formula is C11H17N7OS. The Morgan fingerprint density at radius 3 is 2.85 bits per heavy atom.